The maximum absolute atomic E-state index is 12.9. The van der Waals surface area contributed by atoms with Crippen LogP contribution in [0.15, 0.2) is 47.6 Å². The van der Waals surface area contributed by atoms with E-state index in [0.29, 0.717) is 18.8 Å². The molecule has 5 nitrogen and oxygen atoms in total. The molecule has 1 atom stereocenters. The van der Waals surface area contributed by atoms with E-state index in [1.54, 1.807) is 6.20 Å². The van der Waals surface area contributed by atoms with Gasteiger partial charge in [-0.1, -0.05) is 43.2 Å². The molecule has 5 heteroatoms. The van der Waals surface area contributed by atoms with Gasteiger partial charge in [-0.2, -0.15) is 0 Å². The summed E-state index contributed by atoms with van der Waals surface area (Å²) in [6.07, 6.45) is 5.86. The summed E-state index contributed by atoms with van der Waals surface area (Å²) in [6, 6.07) is 11.9. The molecule has 140 valence electrons. The zero-order valence-corrected chi connectivity index (χ0v) is 15.4. The van der Waals surface area contributed by atoms with Crippen LogP contribution in [0.4, 0.5) is 0 Å². The molecule has 4 rings (SSSR count). The number of amidine groups is 1. The van der Waals surface area contributed by atoms with Crippen molar-refractivity contribution in [3.05, 3.63) is 65.0 Å². The zero-order valence-electron chi connectivity index (χ0n) is 15.4. The summed E-state index contributed by atoms with van der Waals surface area (Å²) in [4.78, 5) is 21.5. The number of hydrogen-bond donors (Lipinski definition) is 2. The van der Waals surface area contributed by atoms with Gasteiger partial charge in [0.1, 0.15) is 11.6 Å². The van der Waals surface area contributed by atoms with Crippen LogP contribution in [0.5, 0.6) is 0 Å². The van der Waals surface area contributed by atoms with Crippen LogP contribution in [0.1, 0.15) is 60.4 Å². The van der Waals surface area contributed by atoms with E-state index in [4.69, 9.17) is 5.73 Å². The monoisotopic (exact) mass is 363 g/mol. The lowest BCUT2D eigenvalue weighted by Gasteiger charge is -2.33. The molecular weight excluding hydrogens is 338 g/mol. The van der Waals surface area contributed by atoms with Gasteiger partial charge in [0, 0.05) is 36.2 Å². The van der Waals surface area contributed by atoms with E-state index < -0.39 is 5.60 Å². The highest BCUT2D eigenvalue weighted by Gasteiger charge is 2.41. The van der Waals surface area contributed by atoms with Crippen molar-refractivity contribution in [2.45, 2.75) is 56.6 Å². The fourth-order valence-electron chi connectivity index (χ4n) is 4.40. The summed E-state index contributed by atoms with van der Waals surface area (Å²) in [5.41, 5.74) is 8.72. The zero-order chi connectivity index (χ0) is 18.9. The quantitative estimate of drug-likeness (QED) is 0.826. The van der Waals surface area contributed by atoms with E-state index in [-0.39, 0.29) is 18.1 Å². The molecule has 0 unspecified atom stereocenters. The van der Waals surface area contributed by atoms with Crippen molar-refractivity contribution >= 4 is 11.6 Å². The van der Waals surface area contributed by atoms with Gasteiger partial charge in [0.25, 0.3) is 0 Å². The summed E-state index contributed by atoms with van der Waals surface area (Å²) < 4.78 is 0. The summed E-state index contributed by atoms with van der Waals surface area (Å²) in [5, 5.41) is 11.2. The Morgan fingerprint density at radius 2 is 1.96 bits per heavy atom. The van der Waals surface area contributed by atoms with Crippen LogP contribution in [0, 0.1) is 0 Å². The highest BCUT2D eigenvalue weighted by atomic mass is 16.3. The number of aliphatic hydroxyl groups is 1. The molecule has 27 heavy (non-hydrogen) atoms. The van der Waals surface area contributed by atoms with Crippen molar-refractivity contribution in [1.82, 2.24) is 4.98 Å². The molecular formula is C22H25N3O2. The van der Waals surface area contributed by atoms with Gasteiger partial charge in [0.15, 0.2) is 0 Å². The van der Waals surface area contributed by atoms with Crippen LogP contribution in [0.2, 0.25) is 0 Å². The molecule has 0 saturated heterocycles. The summed E-state index contributed by atoms with van der Waals surface area (Å²) >= 11 is 0. The van der Waals surface area contributed by atoms with Gasteiger partial charge in [-0.3, -0.25) is 14.8 Å². The van der Waals surface area contributed by atoms with E-state index in [1.165, 1.54) is 0 Å². The highest BCUT2D eigenvalue weighted by molar-refractivity contribution is 6.00. The maximum atomic E-state index is 12.9. The van der Waals surface area contributed by atoms with Crippen molar-refractivity contribution in [2.24, 2.45) is 10.7 Å². The lowest BCUT2D eigenvalue weighted by atomic mass is 9.77. The van der Waals surface area contributed by atoms with E-state index >= 15 is 0 Å². The Hall–Kier alpha value is -2.53. The SMILES string of the molecule is NC1=NCc2cc(CC(=O)C[C@@H](c3ccccc3)C3(O)CCCC3)ncc21. The molecule has 1 fully saturated rings. The fraction of sp³-hybridized carbons (Fsp3) is 0.409. The number of nitrogens with two attached hydrogens (primary N) is 1. The number of nitrogens with zero attached hydrogens (tertiary/aromatic N) is 2. The smallest absolute Gasteiger partial charge is 0.139 e. The van der Waals surface area contributed by atoms with Gasteiger partial charge >= 0.3 is 0 Å². The number of carbonyl (C=O) groups is 1. The number of ketones is 1. The van der Waals surface area contributed by atoms with Crippen molar-refractivity contribution in [3.8, 4) is 0 Å². The number of benzene rings is 1. The number of aromatic nitrogens is 1. The second kappa shape index (κ2) is 7.24. The second-order valence-corrected chi connectivity index (χ2v) is 7.73. The summed E-state index contributed by atoms with van der Waals surface area (Å²) in [7, 11) is 0. The molecule has 0 bridgehead atoms. The molecule has 2 aromatic rings. The lowest BCUT2D eigenvalue weighted by Crippen LogP contribution is -2.34. The van der Waals surface area contributed by atoms with Crippen LogP contribution in [0.25, 0.3) is 0 Å². The van der Waals surface area contributed by atoms with Gasteiger partial charge in [0.05, 0.1) is 12.1 Å². The predicted octanol–water partition coefficient (Wildman–Crippen LogP) is 2.89. The first-order chi connectivity index (χ1) is 13.0. The fourth-order valence-corrected chi connectivity index (χ4v) is 4.40. The third-order valence-corrected chi connectivity index (χ3v) is 5.87. The predicted molar refractivity (Wildman–Crippen MR) is 105 cm³/mol. The number of Topliss-reactive ketones (excluding diaryl/α,β-unsaturated/α-hetero) is 1. The van der Waals surface area contributed by atoms with Gasteiger partial charge in [-0.25, -0.2) is 0 Å². The first-order valence-corrected chi connectivity index (χ1v) is 9.62. The topological polar surface area (TPSA) is 88.6 Å². The first kappa shape index (κ1) is 17.9. The Bertz CT molecular complexity index is 870. The highest BCUT2D eigenvalue weighted by Crippen LogP contribution is 2.43. The average molecular weight is 363 g/mol. The molecule has 0 spiro atoms. The van der Waals surface area contributed by atoms with E-state index in [1.807, 2.05) is 36.4 Å². The number of hydrogen-bond acceptors (Lipinski definition) is 5. The number of pyridine rings is 1. The first-order valence-electron chi connectivity index (χ1n) is 9.62. The number of rotatable bonds is 6. The molecule has 0 amide bonds. The molecule has 1 aliphatic carbocycles. The minimum atomic E-state index is -0.787. The standard InChI is InChI=1S/C22H25N3O2/c23-21-19-14-24-17(10-16(19)13-25-21)11-18(26)12-20(15-6-2-1-3-7-15)22(27)8-4-5-9-22/h1-3,6-7,10,14,20,27H,4-5,8-9,11-13H2,(H2,23,25)/t20-/m0/s1. The van der Waals surface area contributed by atoms with Crippen LogP contribution in [-0.4, -0.2) is 27.3 Å². The minimum absolute atomic E-state index is 0.100. The summed E-state index contributed by atoms with van der Waals surface area (Å²) in [6.45, 7) is 0.553. The lowest BCUT2D eigenvalue weighted by molar-refractivity contribution is -0.120. The summed E-state index contributed by atoms with van der Waals surface area (Å²) in [5.74, 6) is 0.452. The number of carbonyl (C=O) groups excluding carboxylic acids is 1. The number of aliphatic imine (C=N–C) groups is 1. The van der Waals surface area contributed by atoms with E-state index in [0.717, 1.165) is 48.1 Å². The Kier molecular flexibility index (Phi) is 4.79. The molecule has 2 heterocycles. The van der Waals surface area contributed by atoms with E-state index in [2.05, 4.69) is 9.98 Å². The largest absolute Gasteiger partial charge is 0.389 e. The van der Waals surface area contributed by atoms with Crippen LogP contribution < -0.4 is 5.73 Å². The third kappa shape index (κ3) is 3.65. The van der Waals surface area contributed by atoms with Gasteiger partial charge in [0.2, 0.25) is 0 Å². The Labute approximate surface area is 159 Å². The average Bonchev–Trinajstić information content (AvgIpc) is 3.27. The minimum Gasteiger partial charge on any atom is -0.389 e. The van der Waals surface area contributed by atoms with Gasteiger partial charge < -0.3 is 10.8 Å². The molecule has 1 saturated carbocycles. The van der Waals surface area contributed by atoms with E-state index in [9.17, 15) is 9.90 Å². The Balaban J connectivity index is 1.51. The normalized spacial score (nSPS) is 18.8. The Morgan fingerprint density at radius 3 is 2.70 bits per heavy atom. The van der Waals surface area contributed by atoms with Crippen molar-refractivity contribution in [3.63, 3.8) is 0 Å². The molecule has 1 aliphatic heterocycles. The van der Waals surface area contributed by atoms with Crippen molar-refractivity contribution in [2.75, 3.05) is 0 Å². The molecule has 1 aromatic heterocycles. The Morgan fingerprint density at radius 1 is 1.22 bits per heavy atom. The van der Waals surface area contributed by atoms with Crippen LogP contribution >= 0.6 is 0 Å². The third-order valence-electron chi connectivity index (χ3n) is 5.87. The van der Waals surface area contributed by atoms with Gasteiger partial charge in [-0.15, -0.1) is 0 Å². The van der Waals surface area contributed by atoms with Crippen LogP contribution in [0.3, 0.4) is 0 Å². The second-order valence-electron chi connectivity index (χ2n) is 7.73. The van der Waals surface area contributed by atoms with Crippen molar-refractivity contribution in [1.29, 1.82) is 0 Å². The van der Waals surface area contributed by atoms with Crippen LogP contribution in [-0.2, 0) is 17.8 Å². The van der Waals surface area contributed by atoms with Crippen molar-refractivity contribution < 1.29 is 9.90 Å². The molecule has 1 aromatic carbocycles. The number of fused-ring (bicyclic) bond motifs is 1. The van der Waals surface area contributed by atoms with Gasteiger partial charge in [-0.05, 0) is 30.0 Å². The maximum Gasteiger partial charge on any atom is 0.139 e. The molecule has 2 aliphatic rings. The molecule has 3 N–H and O–H groups in total. The molecule has 0 radical (unpaired) electrons.